The van der Waals surface area contributed by atoms with Crippen LogP contribution < -0.4 is 10.1 Å². The maximum Gasteiger partial charge on any atom is 0.271 e. The van der Waals surface area contributed by atoms with Gasteiger partial charge in [-0.25, -0.2) is 9.97 Å². The van der Waals surface area contributed by atoms with Crippen LogP contribution in [0.15, 0.2) is 29.0 Å². The van der Waals surface area contributed by atoms with Crippen LogP contribution in [0.1, 0.15) is 21.6 Å². The van der Waals surface area contributed by atoms with E-state index >= 15 is 0 Å². The third kappa shape index (κ3) is 3.16. The number of amides is 1. The van der Waals surface area contributed by atoms with Crippen molar-refractivity contribution in [3.05, 3.63) is 51.0 Å². The topological polar surface area (TPSA) is 64.1 Å². The Morgan fingerprint density at radius 2 is 2.24 bits per heavy atom. The van der Waals surface area contributed by atoms with Crippen LogP contribution in [0.5, 0.6) is 5.75 Å². The van der Waals surface area contributed by atoms with E-state index in [1.54, 1.807) is 0 Å². The number of nitrogens with one attached hydrogen (secondary N) is 1. The minimum atomic E-state index is -0.300. The van der Waals surface area contributed by atoms with E-state index in [2.05, 4.69) is 31.2 Å². The van der Waals surface area contributed by atoms with Crippen molar-refractivity contribution in [3.63, 3.8) is 0 Å². The summed E-state index contributed by atoms with van der Waals surface area (Å²) in [4.78, 5) is 19.8. The molecule has 2 heterocycles. The van der Waals surface area contributed by atoms with Gasteiger partial charge in [-0.2, -0.15) is 0 Å². The lowest BCUT2D eigenvalue weighted by Gasteiger charge is -2.10. The van der Waals surface area contributed by atoms with Gasteiger partial charge in [0.05, 0.1) is 19.0 Å². The summed E-state index contributed by atoms with van der Waals surface area (Å²) in [5.41, 5.74) is 2.32. The predicted octanol–water partition coefficient (Wildman–Crippen LogP) is 2.76. The van der Waals surface area contributed by atoms with Crippen molar-refractivity contribution < 1.29 is 9.53 Å². The van der Waals surface area contributed by atoms with Crippen LogP contribution in [0, 0.1) is 0 Å². The van der Waals surface area contributed by atoms with Gasteiger partial charge in [0.1, 0.15) is 16.6 Å². The molecule has 21 heavy (non-hydrogen) atoms. The lowest BCUT2D eigenvalue weighted by Crippen LogP contribution is -2.24. The molecule has 108 valence electrons. The summed E-state index contributed by atoms with van der Waals surface area (Å²) in [5, 5.41) is 3.06. The summed E-state index contributed by atoms with van der Waals surface area (Å²) >= 11 is 9.11. The zero-order chi connectivity index (χ0) is 14.8. The first kappa shape index (κ1) is 14.3. The fraction of sp³-hybridized carbons (Fsp3) is 0.214. The molecule has 1 aliphatic heterocycles. The molecule has 7 heteroatoms. The molecule has 1 aromatic carbocycles. The summed E-state index contributed by atoms with van der Waals surface area (Å²) in [6.07, 6.45) is 3.58. The van der Waals surface area contributed by atoms with Crippen LogP contribution in [-0.4, -0.2) is 22.5 Å². The van der Waals surface area contributed by atoms with E-state index in [9.17, 15) is 4.79 Å². The summed E-state index contributed by atoms with van der Waals surface area (Å²) in [5.74, 6) is 0.562. The van der Waals surface area contributed by atoms with Crippen LogP contribution in [0.3, 0.4) is 0 Å². The molecule has 0 spiro atoms. The monoisotopic (exact) mass is 367 g/mol. The highest BCUT2D eigenvalue weighted by Crippen LogP contribution is 2.32. The summed E-state index contributed by atoms with van der Waals surface area (Å²) in [6.45, 7) is 1.04. The zero-order valence-corrected chi connectivity index (χ0v) is 13.2. The fourth-order valence-electron chi connectivity index (χ4n) is 2.17. The van der Waals surface area contributed by atoms with Gasteiger partial charge < -0.3 is 10.1 Å². The number of rotatable bonds is 3. The molecule has 0 saturated heterocycles. The third-order valence-corrected chi connectivity index (χ3v) is 3.77. The number of carbonyl (C=O) groups is 1. The summed E-state index contributed by atoms with van der Waals surface area (Å²) in [7, 11) is 0. The predicted molar refractivity (Wildman–Crippen MR) is 81.6 cm³/mol. The Bertz CT molecular complexity index is 691. The van der Waals surface area contributed by atoms with Gasteiger partial charge in [0, 0.05) is 23.0 Å². The Hall–Kier alpha value is -1.66. The number of hydrogen-bond acceptors (Lipinski definition) is 4. The molecular weight excluding hydrogens is 358 g/mol. The molecule has 0 fully saturated rings. The van der Waals surface area contributed by atoms with Crippen molar-refractivity contribution in [3.8, 4) is 5.75 Å². The Balaban J connectivity index is 1.73. The number of fused-ring (bicyclic) bond motifs is 1. The van der Waals surface area contributed by atoms with Gasteiger partial charge in [0.25, 0.3) is 5.91 Å². The number of ether oxygens (including phenoxy) is 1. The van der Waals surface area contributed by atoms with Gasteiger partial charge in [-0.1, -0.05) is 27.5 Å². The molecule has 1 amide bonds. The number of carbonyl (C=O) groups excluding carboxylic acids is 1. The highest BCUT2D eigenvalue weighted by atomic mass is 79.9. The molecule has 0 radical (unpaired) electrons. The second kappa shape index (κ2) is 5.99. The molecule has 0 bridgehead atoms. The first-order valence-electron chi connectivity index (χ1n) is 6.33. The number of halogens is 2. The first-order valence-corrected chi connectivity index (χ1v) is 7.50. The Kier molecular flexibility index (Phi) is 4.07. The number of nitrogens with zero attached hydrogens (tertiary/aromatic N) is 2. The Morgan fingerprint density at radius 1 is 1.38 bits per heavy atom. The van der Waals surface area contributed by atoms with E-state index in [1.807, 2.05) is 12.1 Å². The molecule has 5 nitrogen and oxygen atoms in total. The van der Waals surface area contributed by atoms with E-state index in [-0.39, 0.29) is 16.8 Å². The van der Waals surface area contributed by atoms with Crippen LogP contribution in [0.2, 0.25) is 5.15 Å². The smallest absolute Gasteiger partial charge is 0.271 e. The van der Waals surface area contributed by atoms with Crippen molar-refractivity contribution in [1.82, 2.24) is 15.3 Å². The summed E-state index contributed by atoms with van der Waals surface area (Å²) < 4.78 is 6.60. The fourth-order valence-corrected chi connectivity index (χ4v) is 2.82. The zero-order valence-electron chi connectivity index (χ0n) is 10.9. The van der Waals surface area contributed by atoms with Crippen molar-refractivity contribution in [2.24, 2.45) is 0 Å². The van der Waals surface area contributed by atoms with Gasteiger partial charge in [0.2, 0.25) is 0 Å². The van der Waals surface area contributed by atoms with E-state index in [4.69, 9.17) is 16.3 Å². The second-order valence-corrected chi connectivity index (χ2v) is 5.86. The molecule has 0 atom stereocenters. The normalized spacial score (nSPS) is 12.7. The maximum absolute atomic E-state index is 12.0. The second-order valence-electron chi connectivity index (χ2n) is 4.56. The highest BCUT2D eigenvalue weighted by molar-refractivity contribution is 9.10. The van der Waals surface area contributed by atoms with Gasteiger partial charge in [0.15, 0.2) is 0 Å². The average molecular weight is 369 g/mol. The van der Waals surface area contributed by atoms with Gasteiger partial charge in [-0.3, -0.25) is 4.79 Å². The molecule has 2 aromatic rings. The minimum Gasteiger partial charge on any atom is -0.493 e. The maximum atomic E-state index is 12.0. The van der Waals surface area contributed by atoms with Crippen molar-refractivity contribution >= 4 is 33.4 Å². The molecule has 1 aliphatic rings. The SMILES string of the molecule is O=C(NCc1cc(Br)cc2c1OCC2)c1cnc(Cl)cn1. The van der Waals surface area contributed by atoms with Crippen molar-refractivity contribution in [1.29, 1.82) is 0 Å². The molecular formula is C14H11BrClN3O2. The van der Waals surface area contributed by atoms with Gasteiger partial charge in [-0.15, -0.1) is 0 Å². The molecule has 0 saturated carbocycles. The standard InChI is InChI=1S/C14H11BrClN3O2/c15-10-3-8-1-2-21-13(8)9(4-10)5-19-14(20)11-6-18-12(16)7-17-11/h3-4,6-7H,1-2,5H2,(H,19,20). The largest absolute Gasteiger partial charge is 0.493 e. The van der Waals surface area contributed by atoms with Crippen molar-refractivity contribution in [2.45, 2.75) is 13.0 Å². The molecule has 0 aliphatic carbocycles. The first-order chi connectivity index (χ1) is 10.1. The van der Waals surface area contributed by atoms with E-state index in [1.165, 1.54) is 12.4 Å². The molecule has 3 rings (SSSR count). The minimum absolute atomic E-state index is 0.229. The van der Waals surface area contributed by atoms with E-state index in [0.29, 0.717) is 13.2 Å². The third-order valence-electron chi connectivity index (χ3n) is 3.12. The van der Waals surface area contributed by atoms with E-state index in [0.717, 1.165) is 27.8 Å². The van der Waals surface area contributed by atoms with Crippen LogP contribution in [0.4, 0.5) is 0 Å². The number of aromatic nitrogens is 2. The Labute approximate surface area is 134 Å². The van der Waals surface area contributed by atoms with Gasteiger partial charge in [-0.05, 0) is 17.7 Å². The Morgan fingerprint density at radius 3 is 3.00 bits per heavy atom. The highest BCUT2D eigenvalue weighted by Gasteiger charge is 2.18. The molecule has 1 N–H and O–H groups in total. The molecule has 1 aromatic heterocycles. The summed E-state index contributed by atoms with van der Waals surface area (Å²) in [6, 6.07) is 3.98. The average Bonchev–Trinajstić information content (AvgIpc) is 2.93. The molecule has 0 unspecified atom stereocenters. The van der Waals surface area contributed by atoms with Crippen LogP contribution >= 0.6 is 27.5 Å². The number of benzene rings is 1. The lowest BCUT2D eigenvalue weighted by molar-refractivity contribution is 0.0945. The van der Waals surface area contributed by atoms with Gasteiger partial charge >= 0.3 is 0 Å². The number of hydrogen-bond donors (Lipinski definition) is 1. The van der Waals surface area contributed by atoms with E-state index < -0.39 is 0 Å². The van der Waals surface area contributed by atoms with Crippen LogP contribution in [0.25, 0.3) is 0 Å². The quantitative estimate of drug-likeness (QED) is 0.905. The lowest BCUT2D eigenvalue weighted by atomic mass is 10.1. The van der Waals surface area contributed by atoms with Crippen molar-refractivity contribution in [2.75, 3.05) is 6.61 Å². The van der Waals surface area contributed by atoms with Crippen LogP contribution in [-0.2, 0) is 13.0 Å².